The first-order valence-corrected chi connectivity index (χ1v) is 5.98. The molecule has 0 aliphatic carbocycles. The fraction of sp³-hybridized carbons (Fsp3) is 0.500. The molecule has 0 spiro atoms. The number of hydrogen-bond donors (Lipinski definition) is 1. The van der Waals surface area contributed by atoms with E-state index in [9.17, 15) is 0 Å². The summed E-state index contributed by atoms with van der Waals surface area (Å²) in [5.74, 6) is 1.09. The third kappa shape index (κ3) is 3.17. The maximum Gasteiger partial charge on any atom is 0.110 e. The van der Waals surface area contributed by atoms with Gasteiger partial charge in [-0.05, 0) is 6.54 Å². The minimum atomic E-state index is 0.872. The fourth-order valence-corrected chi connectivity index (χ4v) is 1.74. The van der Waals surface area contributed by atoms with Crippen molar-refractivity contribution in [3.8, 4) is 0 Å². The van der Waals surface area contributed by atoms with Gasteiger partial charge in [-0.1, -0.05) is 6.92 Å². The van der Waals surface area contributed by atoms with Crippen molar-refractivity contribution in [3.05, 3.63) is 36.2 Å². The SMILES string of the molecule is CCNCc1cnn(CCc2nccn2C)c1. The molecule has 0 atom stereocenters. The average molecular weight is 233 g/mol. The third-order valence-electron chi connectivity index (χ3n) is 2.75. The fourth-order valence-electron chi connectivity index (χ4n) is 1.74. The van der Waals surface area contributed by atoms with Crippen LogP contribution in [0.4, 0.5) is 0 Å². The lowest BCUT2D eigenvalue weighted by Gasteiger charge is -2.02. The summed E-state index contributed by atoms with van der Waals surface area (Å²) in [7, 11) is 2.02. The van der Waals surface area contributed by atoms with E-state index in [2.05, 4.69) is 28.5 Å². The Labute approximate surface area is 101 Å². The Morgan fingerprint density at radius 1 is 1.41 bits per heavy atom. The van der Waals surface area contributed by atoms with Gasteiger partial charge < -0.3 is 9.88 Å². The summed E-state index contributed by atoms with van der Waals surface area (Å²) in [6, 6.07) is 0. The molecule has 0 saturated carbocycles. The van der Waals surface area contributed by atoms with Gasteiger partial charge in [0.2, 0.25) is 0 Å². The maximum absolute atomic E-state index is 4.34. The first-order valence-electron chi connectivity index (χ1n) is 5.98. The van der Waals surface area contributed by atoms with E-state index in [0.29, 0.717) is 0 Å². The predicted octanol–water partition coefficient (Wildman–Crippen LogP) is 0.969. The normalized spacial score (nSPS) is 10.9. The van der Waals surface area contributed by atoms with E-state index in [0.717, 1.165) is 31.9 Å². The Balaban J connectivity index is 1.87. The van der Waals surface area contributed by atoms with Crippen LogP contribution in [0.3, 0.4) is 0 Å². The number of nitrogens with zero attached hydrogens (tertiary/aromatic N) is 4. The van der Waals surface area contributed by atoms with Crippen LogP contribution in [-0.2, 0) is 26.6 Å². The summed E-state index contributed by atoms with van der Waals surface area (Å²) in [5.41, 5.74) is 1.23. The van der Waals surface area contributed by atoms with E-state index >= 15 is 0 Å². The molecule has 5 nitrogen and oxygen atoms in total. The second-order valence-electron chi connectivity index (χ2n) is 4.10. The molecule has 2 heterocycles. The first kappa shape index (κ1) is 11.9. The highest BCUT2D eigenvalue weighted by Gasteiger charge is 2.01. The van der Waals surface area contributed by atoms with Crippen molar-refractivity contribution in [3.63, 3.8) is 0 Å². The quantitative estimate of drug-likeness (QED) is 0.808. The second-order valence-corrected chi connectivity index (χ2v) is 4.10. The Kier molecular flexibility index (Phi) is 3.93. The molecule has 2 aromatic rings. The van der Waals surface area contributed by atoms with Crippen LogP contribution in [0, 0.1) is 0 Å². The van der Waals surface area contributed by atoms with E-state index in [1.54, 1.807) is 0 Å². The number of rotatable bonds is 6. The van der Waals surface area contributed by atoms with E-state index in [4.69, 9.17) is 0 Å². The molecule has 17 heavy (non-hydrogen) atoms. The highest BCUT2D eigenvalue weighted by atomic mass is 15.3. The van der Waals surface area contributed by atoms with Crippen molar-refractivity contribution < 1.29 is 0 Å². The van der Waals surface area contributed by atoms with Gasteiger partial charge in [0.05, 0.1) is 6.20 Å². The molecule has 0 saturated heterocycles. The van der Waals surface area contributed by atoms with Gasteiger partial charge in [0.1, 0.15) is 5.82 Å². The van der Waals surface area contributed by atoms with Crippen molar-refractivity contribution in [1.29, 1.82) is 0 Å². The number of imidazole rings is 1. The molecule has 0 aromatic carbocycles. The highest BCUT2D eigenvalue weighted by molar-refractivity contribution is 5.03. The lowest BCUT2D eigenvalue weighted by Crippen LogP contribution is -2.11. The summed E-state index contributed by atoms with van der Waals surface area (Å²) in [6.07, 6.45) is 8.71. The smallest absolute Gasteiger partial charge is 0.110 e. The minimum Gasteiger partial charge on any atom is -0.338 e. The molecule has 0 aliphatic rings. The standard InChI is InChI=1S/C12H19N5/c1-3-13-8-11-9-15-17(10-11)6-4-12-14-5-7-16(12)2/h5,7,9-10,13H,3-4,6,8H2,1-2H3. The molecule has 0 aliphatic heterocycles. The predicted molar refractivity (Wildman–Crippen MR) is 66.5 cm³/mol. The van der Waals surface area contributed by atoms with Gasteiger partial charge in [0.15, 0.2) is 0 Å². The van der Waals surface area contributed by atoms with Gasteiger partial charge in [0, 0.05) is 50.7 Å². The van der Waals surface area contributed by atoms with Crippen LogP contribution in [0.1, 0.15) is 18.3 Å². The Bertz CT molecular complexity index is 457. The van der Waals surface area contributed by atoms with E-state index < -0.39 is 0 Å². The van der Waals surface area contributed by atoms with Gasteiger partial charge in [-0.2, -0.15) is 5.10 Å². The van der Waals surface area contributed by atoms with Gasteiger partial charge in [-0.25, -0.2) is 4.98 Å². The van der Waals surface area contributed by atoms with Gasteiger partial charge in [-0.15, -0.1) is 0 Å². The highest BCUT2D eigenvalue weighted by Crippen LogP contribution is 2.01. The average Bonchev–Trinajstić information content (AvgIpc) is 2.93. The molecule has 1 N–H and O–H groups in total. The van der Waals surface area contributed by atoms with Crippen LogP contribution in [-0.4, -0.2) is 25.9 Å². The molecule has 0 radical (unpaired) electrons. The molecule has 0 bridgehead atoms. The lowest BCUT2D eigenvalue weighted by molar-refractivity contribution is 0.588. The Morgan fingerprint density at radius 2 is 2.29 bits per heavy atom. The molecule has 0 unspecified atom stereocenters. The van der Waals surface area contributed by atoms with Gasteiger partial charge in [-0.3, -0.25) is 4.68 Å². The van der Waals surface area contributed by atoms with Crippen LogP contribution in [0.25, 0.3) is 0 Å². The van der Waals surface area contributed by atoms with Gasteiger partial charge in [0.25, 0.3) is 0 Å². The zero-order chi connectivity index (χ0) is 12.1. The molecule has 0 fully saturated rings. The molecular formula is C12H19N5. The monoisotopic (exact) mass is 233 g/mol. The second kappa shape index (κ2) is 5.63. The van der Waals surface area contributed by atoms with Gasteiger partial charge >= 0.3 is 0 Å². The summed E-state index contributed by atoms with van der Waals surface area (Å²) in [4.78, 5) is 4.30. The van der Waals surface area contributed by atoms with Crippen molar-refractivity contribution in [2.45, 2.75) is 26.4 Å². The number of aryl methyl sites for hydroxylation is 3. The zero-order valence-corrected chi connectivity index (χ0v) is 10.4. The summed E-state index contributed by atoms with van der Waals surface area (Å²) >= 11 is 0. The number of hydrogen-bond acceptors (Lipinski definition) is 3. The maximum atomic E-state index is 4.34. The van der Waals surface area contributed by atoms with Crippen molar-refractivity contribution >= 4 is 0 Å². The van der Waals surface area contributed by atoms with Crippen LogP contribution >= 0.6 is 0 Å². The molecule has 5 heteroatoms. The lowest BCUT2D eigenvalue weighted by atomic mass is 10.3. The number of nitrogens with one attached hydrogen (secondary N) is 1. The van der Waals surface area contributed by atoms with Crippen molar-refractivity contribution in [2.75, 3.05) is 6.54 Å². The summed E-state index contributed by atoms with van der Waals surface area (Å²) in [6.45, 7) is 4.85. The summed E-state index contributed by atoms with van der Waals surface area (Å²) < 4.78 is 4.02. The van der Waals surface area contributed by atoms with E-state index in [1.807, 2.05) is 34.9 Å². The van der Waals surface area contributed by atoms with Crippen molar-refractivity contribution in [1.82, 2.24) is 24.6 Å². The topological polar surface area (TPSA) is 47.7 Å². The molecule has 2 aromatic heterocycles. The third-order valence-corrected chi connectivity index (χ3v) is 2.75. The van der Waals surface area contributed by atoms with E-state index in [1.165, 1.54) is 5.56 Å². The largest absolute Gasteiger partial charge is 0.338 e. The minimum absolute atomic E-state index is 0.872. The van der Waals surface area contributed by atoms with Crippen LogP contribution in [0.15, 0.2) is 24.8 Å². The first-order chi connectivity index (χ1) is 8.29. The Hall–Kier alpha value is -1.62. The Morgan fingerprint density at radius 3 is 3.00 bits per heavy atom. The van der Waals surface area contributed by atoms with Crippen LogP contribution < -0.4 is 5.32 Å². The van der Waals surface area contributed by atoms with Crippen molar-refractivity contribution in [2.24, 2.45) is 7.05 Å². The number of aromatic nitrogens is 4. The molecule has 92 valence electrons. The summed E-state index contributed by atoms with van der Waals surface area (Å²) in [5, 5.41) is 7.62. The van der Waals surface area contributed by atoms with Crippen LogP contribution in [0.5, 0.6) is 0 Å². The molecule has 0 amide bonds. The molecular weight excluding hydrogens is 214 g/mol. The zero-order valence-electron chi connectivity index (χ0n) is 10.4. The van der Waals surface area contributed by atoms with Crippen LogP contribution in [0.2, 0.25) is 0 Å². The molecule has 2 rings (SSSR count). The van der Waals surface area contributed by atoms with E-state index in [-0.39, 0.29) is 0 Å².